The summed E-state index contributed by atoms with van der Waals surface area (Å²) in [6, 6.07) is 8.35. The second-order valence-corrected chi connectivity index (χ2v) is 9.64. The average molecular weight is 417 g/mol. The Morgan fingerprint density at radius 3 is 2.60 bits per heavy atom. The van der Waals surface area contributed by atoms with E-state index >= 15 is 0 Å². The van der Waals surface area contributed by atoms with Gasteiger partial charge < -0.3 is 19.4 Å². The molecule has 2 aromatic rings. The summed E-state index contributed by atoms with van der Waals surface area (Å²) in [5.74, 6) is 0.529. The molecule has 0 bridgehead atoms. The van der Waals surface area contributed by atoms with Crippen LogP contribution in [0.4, 0.5) is 0 Å². The molecule has 6 nitrogen and oxygen atoms in total. The van der Waals surface area contributed by atoms with E-state index in [9.17, 15) is 19.8 Å². The minimum Gasteiger partial charge on any atom is -0.493 e. The lowest BCUT2D eigenvalue weighted by atomic mass is 9.59. The molecule has 1 fully saturated rings. The van der Waals surface area contributed by atoms with Crippen molar-refractivity contribution in [3.05, 3.63) is 40.8 Å². The van der Waals surface area contributed by atoms with Crippen LogP contribution in [0, 0.1) is 11.3 Å². The molecule has 1 aromatic carbocycles. The van der Waals surface area contributed by atoms with Crippen molar-refractivity contribution in [1.29, 1.82) is 0 Å². The molecule has 30 heavy (non-hydrogen) atoms. The van der Waals surface area contributed by atoms with Gasteiger partial charge in [0.05, 0.1) is 17.8 Å². The predicted octanol–water partition coefficient (Wildman–Crippen LogP) is 3.85. The van der Waals surface area contributed by atoms with Crippen LogP contribution < -0.4 is 10.4 Å². The molecule has 0 aliphatic heterocycles. The molecule has 1 saturated carbocycles. The largest absolute Gasteiger partial charge is 0.493 e. The number of aliphatic hydroxyl groups is 2. The normalized spacial score (nSPS) is 25.8. The third-order valence-electron chi connectivity index (χ3n) is 6.67. The Bertz CT molecular complexity index is 969. The first-order valence-corrected chi connectivity index (χ1v) is 10.6. The van der Waals surface area contributed by atoms with Gasteiger partial charge in [-0.15, -0.1) is 0 Å². The summed E-state index contributed by atoms with van der Waals surface area (Å²) in [6.45, 7) is 7.62. The Kier molecular flexibility index (Phi) is 6.12. The minimum absolute atomic E-state index is 0.171. The van der Waals surface area contributed by atoms with Crippen molar-refractivity contribution in [2.75, 3.05) is 6.61 Å². The smallest absolute Gasteiger partial charge is 0.336 e. The Balaban J connectivity index is 1.57. The maximum absolute atomic E-state index is 12.4. The van der Waals surface area contributed by atoms with E-state index in [2.05, 4.69) is 0 Å². The number of ether oxygens (including phenoxy) is 1. The van der Waals surface area contributed by atoms with Gasteiger partial charge in [0.1, 0.15) is 17.1 Å². The van der Waals surface area contributed by atoms with Crippen molar-refractivity contribution in [2.24, 2.45) is 11.3 Å². The predicted molar refractivity (Wildman–Crippen MR) is 115 cm³/mol. The molecule has 3 rings (SSSR count). The van der Waals surface area contributed by atoms with E-state index < -0.39 is 22.2 Å². The van der Waals surface area contributed by atoms with Crippen LogP contribution >= 0.6 is 0 Å². The SMILES string of the molecule is CC1(C)C(=O)CC[C@](C)(O)[C@H]1CC[C@@](C)(O)CCOc1ccc2ccc(=O)oc2c1. The second-order valence-electron chi connectivity index (χ2n) is 9.64. The van der Waals surface area contributed by atoms with Gasteiger partial charge in [-0.25, -0.2) is 4.79 Å². The highest BCUT2D eigenvalue weighted by Crippen LogP contribution is 2.47. The summed E-state index contributed by atoms with van der Waals surface area (Å²) >= 11 is 0. The molecule has 0 radical (unpaired) electrons. The van der Waals surface area contributed by atoms with Crippen LogP contribution in [0.1, 0.15) is 59.8 Å². The molecule has 0 spiro atoms. The molecule has 1 heterocycles. The summed E-state index contributed by atoms with van der Waals surface area (Å²) in [4.78, 5) is 23.7. The first kappa shape index (κ1) is 22.5. The van der Waals surface area contributed by atoms with Crippen molar-refractivity contribution in [2.45, 2.75) is 71.0 Å². The molecule has 2 N–H and O–H groups in total. The fourth-order valence-electron chi connectivity index (χ4n) is 4.61. The van der Waals surface area contributed by atoms with Crippen LogP contribution in [0.3, 0.4) is 0 Å². The van der Waals surface area contributed by atoms with E-state index in [1.807, 2.05) is 19.9 Å². The quantitative estimate of drug-likeness (QED) is 0.666. The zero-order valence-electron chi connectivity index (χ0n) is 18.2. The van der Waals surface area contributed by atoms with Crippen LogP contribution in [-0.2, 0) is 4.79 Å². The minimum atomic E-state index is -0.990. The van der Waals surface area contributed by atoms with Crippen LogP contribution in [0.15, 0.2) is 39.5 Å². The maximum Gasteiger partial charge on any atom is 0.336 e. The van der Waals surface area contributed by atoms with Crippen LogP contribution in [0.5, 0.6) is 5.75 Å². The van der Waals surface area contributed by atoms with Gasteiger partial charge >= 0.3 is 5.63 Å². The second kappa shape index (κ2) is 8.16. The van der Waals surface area contributed by atoms with E-state index in [-0.39, 0.29) is 11.7 Å². The molecule has 0 saturated heterocycles. The highest BCUT2D eigenvalue weighted by Gasteiger charge is 2.50. The molecular weight excluding hydrogens is 384 g/mol. The van der Waals surface area contributed by atoms with E-state index in [4.69, 9.17) is 9.15 Å². The van der Waals surface area contributed by atoms with Gasteiger partial charge in [-0.05, 0) is 57.2 Å². The van der Waals surface area contributed by atoms with Crippen molar-refractivity contribution >= 4 is 16.8 Å². The number of ketones is 1. The van der Waals surface area contributed by atoms with Gasteiger partial charge in [0, 0.05) is 35.8 Å². The molecule has 164 valence electrons. The zero-order chi connectivity index (χ0) is 22.2. The van der Waals surface area contributed by atoms with Crippen LogP contribution in [0.2, 0.25) is 0 Å². The summed E-state index contributed by atoms with van der Waals surface area (Å²) in [7, 11) is 0. The highest BCUT2D eigenvalue weighted by atomic mass is 16.5. The lowest BCUT2D eigenvalue weighted by Crippen LogP contribution is -2.52. The summed E-state index contributed by atoms with van der Waals surface area (Å²) in [5, 5.41) is 22.5. The van der Waals surface area contributed by atoms with Gasteiger partial charge in [0.25, 0.3) is 0 Å². The zero-order valence-corrected chi connectivity index (χ0v) is 18.2. The Morgan fingerprint density at radius 2 is 1.87 bits per heavy atom. The molecular formula is C24H32O6. The van der Waals surface area contributed by atoms with Gasteiger partial charge in [-0.3, -0.25) is 4.79 Å². The molecule has 3 atom stereocenters. The molecule has 1 aliphatic carbocycles. The number of fused-ring (bicyclic) bond motifs is 1. The number of carbonyl (C=O) groups is 1. The topological polar surface area (TPSA) is 97.0 Å². The monoisotopic (exact) mass is 416 g/mol. The number of Topliss-reactive ketones (excluding diaryl/α,β-unsaturated/α-hetero) is 1. The number of benzene rings is 1. The van der Waals surface area contributed by atoms with Crippen molar-refractivity contribution in [1.82, 2.24) is 0 Å². The van der Waals surface area contributed by atoms with E-state index in [0.717, 1.165) is 5.39 Å². The summed E-state index contributed by atoms with van der Waals surface area (Å²) in [6.07, 6.45) is 2.27. The highest BCUT2D eigenvalue weighted by molar-refractivity contribution is 5.85. The van der Waals surface area contributed by atoms with E-state index in [1.54, 1.807) is 32.0 Å². The molecule has 1 aliphatic rings. The Morgan fingerprint density at radius 1 is 1.17 bits per heavy atom. The fourth-order valence-corrected chi connectivity index (χ4v) is 4.61. The fraction of sp³-hybridized carbons (Fsp3) is 0.583. The van der Waals surface area contributed by atoms with Crippen molar-refractivity contribution in [3.8, 4) is 5.75 Å². The van der Waals surface area contributed by atoms with Gasteiger partial charge in [0.2, 0.25) is 0 Å². The lowest BCUT2D eigenvalue weighted by molar-refractivity contribution is -0.151. The summed E-state index contributed by atoms with van der Waals surface area (Å²) in [5.41, 5.74) is -2.47. The maximum atomic E-state index is 12.4. The van der Waals surface area contributed by atoms with Crippen LogP contribution in [-0.4, -0.2) is 33.8 Å². The average Bonchev–Trinajstić information content (AvgIpc) is 2.64. The Hall–Kier alpha value is -2.18. The van der Waals surface area contributed by atoms with E-state index in [0.29, 0.717) is 50.0 Å². The van der Waals surface area contributed by atoms with Crippen molar-refractivity contribution in [3.63, 3.8) is 0 Å². The van der Waals surface area contributed by atoms with Crippen molar-refractivity contribution < 1.29 is 24.2 Å². The van der Waals surface area contributed by atoms with Crippen LogP contribution in [0.25, 0.3) is 11.0 Å². The third kappa shape index (κ3) is 4.93. The number of hydrogen-bond acceptors (Lipinski definition) is 6. The van der Waals surface area contributed by atoms with Gasteiger partial charge in [-0.1, -0.05) is 13.8 Å². The van der Waals surface area contributed by atoms with Gasteiger partial charge in [0.15, 0.2) is 0 Å². The standard InChI is InChI=1S/C24H32O6/c1-22(2)19(24(4,28)12-10-20(22)25)9-11-23(3,27)13-14-29-17-7-5-16-6-8-21(26)30-18(16)15-17/h5-8,15,19,27-28H,9-14H2,1-4H3/t19-,23+,24-/m0/s1. The number of rotatable bonds is 7. The molecule has 1 aromatic heterocycles. The molecule has 6 heteroatoms. The first-order chi connectivity index (χ1) is 13.9. The number of carbonyl (C=O) groups excluding carboxylic acids is 1. The first-order valence-electron chi connectivity index (χ1n) is 10.6. The van der Waals surface area contributed by atoms with E-state index in [1.165, 1.54) is 6.07 Å². The third-order valence-corrected chi connectivity index (χ3v) is 6.67. The molecule has 0 unspecified atom stereocenters. The summed E-state index contributed by atoms with van der Waals surface area (Å²) < 4.78 is 10.9. The number of hydrogen-bond donors (Lipinski definition) is 2. The lowest BCUT2D eigenvalue weighted by Gasteiger charge is -2.47. The Labute approximate surface area is 176 Å². The van der Waals surface area contributed by atoms with Gasteiger partial charge in [-0.2, -0.15) is 0 Å². The molecule has 0 amide bonds.